The fourth-order valence-corrected chi connectivity index (χ4v) is 5.16. The van der Waals surface area contributed by atoms with Crippen LogP contribution in [0.15, 0.2) is 48.5 Å². The highest BCUT2D eigenvalue weighted by Gasteiger charge is 2.26. The number of amides is 1. The van der Waals surface area contributed by atoms with Crippen LogP contribution in [0.2, 0.25) is 0 Å². The van der Waals surface area contributed by atoms with Crippen molar-refractivity contribution in [2.24, 2.45) is 0 Å². The first kappa shape index (κ1) is 21.6. The van der Waals surface area contributed by atoms with Crippen molar-refractivity contribution in [2.45, 2.75) is 39.0 Å². The van der Waals surface area contributed by atoms with Gasteiger partial charge in [0.1, 0.15) is 5.82 Å². The van der Waals surface area contributed by atoms with Crippen molar-refractivity contribution in [3.05, 3.63) is 91.9 Å². The number of ether oxygens (including phenoxy) is 1. The second kappa shape index (κ2) is 9.70. The summed E-state index contributed by atoms with van der Waals surface area (Å²) in [6, 6.07) is 14.0. The molecule has 1 amide bonds. The molecule has 0 unspecified atom stereocenters. The first-order chi connectivity index (χ1) is 15.0. The molecule has 7 heteroatoms. The van der Waals surface area contributed by atoms with Gasteiger partial charge in [-0.15, -0.1) is 11.3 Å². The number of hydrogen-bond acceptors (Lipinski definition) is 5. The summed E-state index contributed by atoms with van der Waals surface area (Å²) in [6.07, 6.45) is 1.30. The van der Waals surface area contributed by atoms with Gasteiger partial charge in [-0.25, -0.2) is 9.87 Å². The Morgan fingerprint density at radius 2 is 1.87 bits per heavy atom. The van der Waals surface area contributed by atoms with Crippen molar-refractivity contribution in [2.75, 3.05) is 6.61 Å². The van der Waals surface area contributed by atoms with Gasteiger partial charge in [0.2, 0.25) is 0 Å². The van der Waals surface area contributed by atoms with Crippen molar-refractivity contribution >= 4 is 17.2 Å². The van der Waals surface area contributed by atoms with Gasteiger partial charge in [0.05, 0.1) is 24.8 Å². The van der Waals surface area contributed by atoms with E-state index in [2.05, 4.69) is 10.8 Å². The number of hydrogen-bond donors (Lipinski definition) is 3. The van der Waals surface area contributed by atoms with Crippen LogP contribution in [0, 0.1) is 5.82 Å². The Bertz CT molecular complexity index is 1050. The van der Waals surface area contributed by atoms with Crippen LogP contribution in [0.3, 0.4) is 0 Å². The summed E-state index contributed by atoms with van der Waals surface area (Å²) < 4.78 is 18.9. The highest BCUT2D eigenvalue weighted by molar-refractivity contribution is 7.12. The van der Waals surface area contributed by atoms with Crippen molar-refractivity contribution in [3.8, 4) is 0 Å². The standard InChI is InChI=1S/C24H25FN2O3S/c1-15(18-6-2-17(3-7-18)13-26-29)27-24(28)23-20-10-11-30-14-22(20)31-21(23)12-16-4-8-19(25)9-5-16/h2-9,15,26,29H,10-14H2,1H3,(H,27,28)/t15-/m0/s1. The number of halogens is 1. The molecule has 31 heavy (non-hydrogen) atoms. The lowest BCUT2D eigenvalue weighted by Crippen LogP contribution is -2.28. The van der Waals surface area contributed by atoms with Crippen LogP contribution in [0.5, 0.6) is 0 Å². The topological polar surface area (TPSA) is 70.6 Å². The molecule has 4 rings (SSSR count). The average Bonchev–Trinajstić information content (AvgIpc) is 3.14. The molecule has 0 saturated carbocycles. The summed E-state index contributed by atoms with van der Waals surface area (Å²) in [6.45, 7) is 3.46. The Morgan fingerprint density at radius 1 is 1.16 bits per heavy atom. The van der Waals surface area contributed by atoms with E-state index in [4.69, 9.17) is 9.94 Å². The lowest BCUT2D eigenvalue weighted by molar-refractivity contribution is 0.0931. The second-order valence-electron chi connectivity index (χ2n) is 7.68. The summed E-state index contributed by atoms with van der Waals surface area (Å²) in [5, 5.41) is 12.0. The van der Waals surface area contributed by atoms with Gasteiger partial charge in [-0.2, -0.15) is 0 Å². The van der Waals surface area contributed by atoms with E-state index in [0.29, 0.717) is 26.2 Å². The zero-order chi connectivity index (χ0) is 21.8. The molecule has 1 aliphatic rings. The van der Waals surface area contributed by atoms with Crippen molar-refractivity contribution in [1.29, 1.82) is 0 Å². The molecule has 0 bridgehead atoms. The number of benzene rings is 2. The van der Waals surface area contributed by atoms with Gasteiger partial charge in [0.25, 0.3) is 5.91 Å². The normalized spacial score (nSPS) is 14.2. The quantitative estimate of drug-likeness (QED) is 0.473. The molecule has 1 aliphatic heterocycles. The van der Waals surface area contributed by atoms with Gasteiger partial charge in [-0.05, 0) is 47.7 Å². The number of carbonyl (C=O) groups excluding carboxylic acids is 1. The van der Waals surface area contributed by atoms with Crippen molar-refractivity contribution in [3.63, 3.8) is 0 Å². The van der Waals surface area contributed by atoms with E-state index in [1.54, 1.807) is 23.5 Å². The van der Waals surface area contributed by atoms with Gasteiger partial charge >= 0.3 is 0 Å². The first-order valence-electron chi connectivity index (χ1n) is 10.3. The fraction of sp³-hybridized carbons (Fsp3) is 0.292. The van der Waals surface area contributed by atoms with Crippen LogP contribution >= 0.6 is 11.3 Å². The zero-order valence-electron chi connectivity index (χ0n) is 17.3. The van der Waals surface area contributed by atoms with E-state index in [0.717, 1.165) is 44.0 Å². The van der Waals surface area contributed by atoms with Crippen LogP contribution < -0.4 is 10.8 Å². The predicted octanol–water partition coefficient (Wildman–Crippen LogP) is 4.52. The number of fused-ring (bicyclic) bond motifs is 1. The monoisotopic (exact) mass is 440 g/mol. The zero-order valence-corrected chi connectivity index (χ0v) is 18.1. The van der Waals surface area contributed by atoms with Crippen molar-refractivity contribution < 1.29 is 19.1 Å². The lowest BCUT2D eigenvalue weighted by atomic mass is 9.99. The molecule has 2 heterocycles. The second-order valence-corrected chi connectivity index (χ2v) is 8.87. The number of hydroxylamine groups is 1. The summed E-state index contributed by atoms with van der Waals surface area (Å²) in [5.41, 5.74) is 6.86. The molecule has 3 N–H and O–H groups in total. The summed E-state index contributed by atoms with van der Waals surface area (Å²) >= 11 is 1.61. The van der Waals surface area contributed by atoms with E-state index in [-0.39, 0.29) is 17.8 Å². The third kappa shape index (κ3) is 5.02. The molecule has 0 fully saturated rings. The highest BCUT2D eigenvalue weighted by Crippen LogP contribution is 2.34. The molecule has 162 valence electrons. The van der Waals surface area contributed by atoms with Crippen LogP contribution in [0.25, 0.3) is 0 Å². The predicted molar refractivity (Wildman–Crippen MR) is 118 cm³/mol. The Morgan fingerprint density at radius 3 is 2.58 bits per heavy atom. The molecule has 5 nitrogen and oxygen atoms in total. The minimum Gasteiger partial charge on any atom is -0.376 e. The minimum atomic E-state index is -0.268. The minimum absolute atomic E-state index is 0.0925. The van der Waals surface area contributed by atoms with Crippen LogP contribution in [0.1, 0.15) is 55.3 Å². The van der Waals surface area contributed by atoms with Gasteiger partial charge in [0, 0.05) is 22.7 Å². The maximum absolute atomic E-state index is 13.3. The molecule has 0 radical (unpaired) electrons. The summed E-state index contributed by atoms with van der Waals surface area (Å²) in [5.74, 6) is -0.361. The molecule has 0 aliphatic carbocycles. The van der Waals surface area contributed by atoms with Gasteiger partial charge < -0.3 is 15.3 Å². The molecule has 2 aromatic carbocycles. The van der Waals surface area contributed by atoms with E-state index < -0.39 is 0 Å². The molecular weight excluding hydrogens is 415 g/mol. The first-order valence-corrected chi connectivity index (χ1v) is 11.1. The number of nitrogens with one attached hydrogen (secondary N) is 2. The lowest BCUT2D eigenvalue weighted by Gasteiger charge is -2.18. The van der Waals surface area contributed by atoms with E-state index >= 15 is 0 Å². The summed E-state index contributed by atoms with van der Waals surface area (Å²) in [7, 11) is 0. The Kier molecular flexibility index (Phi) is 6.77. The van der Waals surface area contributed by atoms with Gasteiger partial charge in [-0.1, -0.05) is 36.4 Å². The SMILES string of the molecule is C[C@H](NC(=O)c1c(Cc2ccc(F)cc2)sc2c1CCOC2)c1ccc(CNO)cc1. The van der Waals surface area contributed by atoms with E-state index in [9.17, 15) is 9.18 Å². The third-order valence-electron chi connectivity index (χ3n) is 5.51. The molecule has 1 atom stereocenters. The Labute approximate surface area is 184 Å². The maximum Gasteiger partial charge on any atom is 0.253 e. The molecular formula is C24H25FN2O3S. The molecule has 0 spiro atoms. The van der Waals surface area contributed by atoms with Crippen LogP contribution in [-0.2, 0) is 30.7 Å². The average molecular weight is 441 g/mol. The summed E-state index contributed by atoms with van der Waals surface area (Å²) in [4.78, 5) is 15.4. The number of carbonyl (C=O) groups is 1. The van der Waals surface area contributed by atoms with Crippen LogP contribution in [0.4, 0.5) is 4.39 Å². The maximum atomic E-state index is 13.3. The Hall–Kier alpha value is -2.58. The van der Waals surface area contributed by atoms with Crippen molar-refractivity contribution in [1.82, 2.24) is 10.8 Å². The number of rotatable bonds is 7. The van der Waals surface area contributed by atoms with Gasteiger partial charge in [-0.3, -0.25) is 4.79 Å². The molecule has 3 aromatic rings. The fourth-order valence-electron chi connectivity index (χ4n) is 3.83. The third-order valence-corrected chi connectivity index (χ3v) is 6.71. The largest absolute Gasteiger partial charge is 0.376 e. The van der Waals surface area contributed by atoms with Gasteiger partial charge in [0.15, 0.2) is 0 Å². The van der Waals surface area contributed by atoms with E-state index in [1.807, 2.05) is 31.2 Å². The Balaban J connectivity index is 1.57. The molecule has 0 saturated heterocycles. The smallest absolute Gasteiger partial charge is 0.253 e. The van der Waals surface area contributed by atoms with Crippen LogP contribution in [-0.4, -0.2) is 17.7 Å². The van der Waals surface area contributed by atoms with E-state index in [1.165, 1.54) is 12.1 Å². The molecule has 1 aromatic heterocycles. The number of thiophene rings is 1. The highest BCUT2D eigenvalue weighted by atomic mass is 32.1.